The van der Waals surface area contributed by atoms with Gasteiger partial charge in [-0.15, -0.1) is 11.6 Å². The maximum absolute atomic E-state index is 6.63. The molecule has 1 aliphatic carbocycles. The number of alkyl halides is 1. The molecule has 92 valence electrons. The molecule has 0 bridgehead atoms. The van der Waals surface area contributed by atoms with Gasteiger partial charge in [0.2, 0.25) is 0 Å². The van der Waals surface area contributed by atoms with Crippen LogP contribution in [0.1, 0.15) is 41.3 Å². The van der Waals surface area contributed by atoms with E-state index < -0.39 is 0 Å². The zero-order valence-electron chi connectivity index (χ0n) is 10.1. The van der Waals surface area contributed by atoms with Gasteiger partial charge in [-0.1, -0.05) is 18.2 Å². The van der Waals surface area contributed by atoms with Crippen molar-refractivity contribution in [2.45, 2.75) is 37.5 Å². The van der Waals surface area contributed by atoms with Crippen LogP contribution in [0.2, 0.25) is 0 Å². The van der Waals surface area contributed by atoms with Gasteiger partial charge in [0, 0.05) is 13.2 Å². The van der Waals surface area contributed by atoms with E-state index in [1.807, 2.05) is 0 Å². The number of hydrogen-bond acceptors (Lipinski definition) is 1. The van der Waals surface area contributed by atoms with Crippen LogP contribution in [-0.4, -0.2) is 13.2 Å². The first-order chi connectivity index (χ1) is 8.34. The molecule has 1 fully saturated rings. The topological polar surface area (TPSA) is 9.23 Å². The molecule has 3 rings (SSSR count). The fraction of sp³-hybridized carbons (Fsp3) is 0.600. The molecule has 17 heavy (non-hydrogen) atoms. The third kappa shape index (κ3) is 2.36. The molecule has 1 saturated heterocycles. The van der Waals surface area contributed by atoms with E-state index in [0.717, 1.165) is 26.1 Å². The highest BCUT2D eigenvalue weighted by Crippen LogP contribution is 2.37. The first-order valence-corrected chi connectivity index (χ1v) is 7.12. The normalized spacial score (nSPS) is 22.4. The number of fused-ring (bicyclic) bond motifs is 1. The number of halogens is 1. The summed E-state index contributed by atoms with van der Waals surface area (Å²) in [7, 11) is 0. The van der Waals surface area contributed by atoms with Crippen LogP contribution in [0.5, 0.6) is 0 Å². The molecule has 1 heterocycles. The molecule has 0 radical (unpaired) electrons. The van der Waals surface area contributed by atoms with E-state index in [1.54, 1.807) is 0 Å². The monoisotopic (exact) mass is 250 g/mol. The Hall–Kier alpha value is -0.530. The van der Waals surface area contributed by atoms with E-state index in [1.165, 1.54) is 36.0 Å². The molecule has 1 aromatic carbocycles. The average molecular weight is 251 g/mol. The first kappa shape index (κ1) is 11.6. The first-order valence-electron chi connectivity index (χ1n) is 6.68. The van der Waals surface area contributed by atoms with Crippen molar-refractivity contribution in [2.24, 2.45) is 5.92 Å². The third-order valence-corrected chi connectivity index (χ3v) is 4.73. The Morgan fingerprint density at radius 1 is 1.12 bits per heavy atom. The van der Waals surface area contributed by atoms with Crippen molar-refractivity contribution in [3.63, 3.8) is 0 Å². The van der Waals surface area contributed by atoms with Gasteiger partial charge in [0.15, 0.2) is 0 Å². The van der Waals surface area contributed by atoms with Crippen molar-refractivity contribution >= 4 is 11.6 Å². The standard InChI is InChI=1S/C15H19ClO/c16-15(12-6-8-17-9-7-12)14-5-4-11-2-1-3-13(11)10-14/h4-5,10,12,15H,1-3,6-9H2. The number of aryl methyl sites for hydroxylation is 2. The molecular weight excluding hydrogens is 232 g/mol. The van der Waals surface area contributed by atoms with Gasteiger partial charge in [-0.2, -0.15) is 0 Å². The van der Waals surface area contributed by atoms with Crippen molar-refractivity contribution in [3.8, 4) is 0 Å². The lowest BCUT2D eigenvalue weighted by molar-refractivity contribution is 0.0650. The number of hydrogen-bond donors (Lipinski definition) is 0. The van der Waals surface area contributed by atoms with Crippen molar-refractivity contribution < 1.29 is 4.74 Å². The van der Waals surface area contributed by atoms with Crippen LogP contribution >= 0.6 is 11.6 Å². The van der Waals surface area contributed by atoms with Crippen LogP contribution in [0.4, 0.5) is 0 Å². The molecule has 2 heteroatoms. The minimum Gasteiger partial charge on any atom is -0.381 e. The Kier molecular flexibility index (Phi) is 3.39. The predicted octanol–water partition coefficient (Wildman–Crippen LogP) is 3.88. The van der Waals surface area contributed by atoms with Gasteiger partial charge < -0.3 is 4.74 Å². The van der Waals surface area contributed by atoms with Crippen LogP contribution < -0.4 is 0 Å². The SMILES string of the molecule is ClC(c1ccc2c(c1)CCC2)C1CCOCC1. The zero-order valence-corrected chi connectivity index (χ0v) is 10.9. The second-order valence-corrected chi connectivity index (χ2v) is 5.70. The third-order valence-electron chi connectivity index (χ3n) is 4.12. The quantitative estimate of drug-likeness (QED) is 0.724. The molecule has 1 nitrogen and oxygen atoms in total. The van der Waals surface area contributed by atoms with Gasteiger partial charge in [0.25, 0.3) is 0 Å². The molecule has 0 amide bonds. The van der Waals surface area contributed by atoms with Crippen LogP contribution in [-0.2, 0) is 17.6 Å². The Balaban J connectivity index is 1.78. The van der Waals surface area contributed by atoms with E-state index in [2.05, 4.69) is 18.2 Å². The summed E-state index contributed by atoms with van der Waals surface area (Å²) in [4.78, 5) is 0. The summed E-state index contributed by atoms with van der Waals surface area (Å²) in [6.07, 6.45) is 6.00. The molecule has 0 spiro atoms. The van der Waals surface area contributed by atoms with E-state index in [4.69, 9.17) is 16.3 Å². The van der Waals surface area contributed by atoms with Gasteiger partial charge in [-0.3, -0.25) is 0 Å². The van der Waals surface area contributed by atoms with Crippen molar-refractivity contribution in [2.75, 3.05) is 13.2 Å². The van der Waals surface area contributed by atoms with Crippen LogP contribution in [0, 0.1) is 5.92 Å². The summed E-state index contributed by atoms with van der Waals surface area (Å²) in [5.74, 6) is 0.588. The lowest BCUT2D eigenvalue weighted by atomic mass is 9.90. The number of rotatable bonds is 2. The molecule has 1 atom stereocenters. The summed E-state index contributed by atoms with van der Waals surface area (Å²) in [5.41, 5.74) is 4.38. The molecule has 0 saturated carbocycles. The highest BCUT2D eigenvalue weighted by molar-refractivity contribution is 6.21. The van der Waals surface area contributed by atoms with Gasteiger partial charge in [0.1, 0.15) is 0 Å². The van der Waals surface area contributed by atoms with E-state index in [-0.39, 0.29) is 5.38 Å². The van der Waals surface area contributed by atoms with Crippen molar-refractivity contribution in [1.82, 2.24) is 0 Å². The van der Waals surface area contributed by atoms with Crippen LogP contribution in [0.15, 0.2) is 18.2 Å². The molecule has 2 aliphatic rings. The Labute approximate surface area is 108 Å². The summed E-state index contributed by atoms with van der Waals surface area (Å²) in [6.45, 7) is 1.75. The Morgan fingerprint density at radius 3 is 2.71 bits per heavy atom. The largest absolute Gasteiger partial charge is 0.381 e. The van der Waals surface area contributed by atoms with Crippen LogP contribution in [0.3, 0.4) is 0 Å². The van der Waals surface area contributed by atoms with Gasteiger partial charge in [-0.05, 0) is 54.7 Å². The van der Waals surface area contributed by atoms with E-state index >= 15 is 0 Å². The van der Waals surface area contributed by atoms with Crippen molar-refractivity contribution in [3.05, 3.63) is 34.9 Å². The minimum absolute atomic E-state index is 0.171. The Bertz CT molecular complexity index is 396. The zero-order chi connectivity index (χ0) is 11.7. The highest BCUT2D eigenvalue weighted by atomic mass is 35.5. The molecule has 0 aromatic heterocycles. The number of ether oxygens (including phenoxy) is 1. The lowest BCUT2D eigenvalue weighted by Gasteiger charge is -2.26. The fourth-order valence-electron chi connectivity index (χ4n) is 3.04. The molecule has 0 N–H and O–H groups in total. The summed E-state index contributed by atoms with van der Waals surface area (Å²) < 4.78 is 5.40. The van der Waals surface area contributed by atoms with E-state index in [0.29, 0.717) is 5.92 Å². The maximum Gasteiger partial charge on any atom is 0.0615 e. The summed E-state index contributed by atoms with van der Waals surface area (Å²) >= 11 is 6.63. The summed E-state index contributed by atoms with van der Waals surface area (Å²) in [5, 5.41) is 0.171. The average Bonchev–Trinajstić information content (AvgIpc) is 2.86. The van der Waals surface area contributed by atoms with Crippen molar-refractivity contribution in [1.29, 1.82) is 0 Å². The predicted molar refractivity (Wildman–Crippen MR) is 70.6 cm³/mol. The van der Waals surface area contributed by atoms with Gasteiger partial charge >= 0.3 is 0 Å². The smallest absolute Gasteiger partial charge is 0.0615 e. The van der Waals surface area contributed by atoms with Crippen LogP contribution in [0.25, 0.3) is 0 Å². The Morgan fingerprint density at radius 2 is 1.88 bits per heavy atom. The summed E-state index contributed by atoms with van der Waals surface area (Å²) in [6, 6.07) is 6.86. The number of benzene rings is 1. The second-order valence-electron chi connectivity index (χ2n) is 5.23. The molecule has 1 aromatic rings. The van der Waals surface area contributed by atoms with Gasteiger partial charge in [-0.25, -0.2) is 0 Å². The second kappa shape index (κ2) is 4.99. The highest BCUT2D eigenvalue weighted by Gasteiger charge is 2.24. The molecule has 1 aliphatic heterocycles. The van der Waals surface area contributed by atoms with Gasteiger partial charge in [0.05, 0.1) is 5.38 Å². The fourth-order valence-corrected chi connectivity index (χ4v) is 3.43. The minimum atomic E-state index is 0.171. The molecular formula is C15H19ClO. The van der Waals surface area contributed by atoms with E-state index in [9.17, 15) is 0 Å². The molecule has 1 unspecified atom stereocenters. The maximum atomic E-state index is 6.63. The lowest BCUT2D eigenvalue weighted by Crippen LogP contribution is -2.19.